The lowest BCUT2D eigenvalue weighted by Crippen LogP contribution is -2.28. The van der Waals surface area contributed by atoms with Gasteiger partial charge >= 0.3 is 0 Å². The smallest absolute Gasteiger partial charge is 0.265 e. The number of rotatable bonds is 7. The Morgan fingerprint density at radius 3 is 2.32 bits per heavy atom. The number of benzene rings is 4. The number of furan rings is 1. The first-order chi connectivity index (χ1) is 18.3. The second kappa shape index (κ2) is 10.7. The van der Waals surface area contributed by atoms with Crippen molar-refractivity contribution in [3.8, 4) is 11.1 Å². The van der Waals surface area contributed by atoms with E-state index < -0.39 is 15.9 Å². The van der Waals surface area contributed by atoms with Gasteiger partial charge in [-0.15, -0.1) is 0 Å². The highest BCUT2D eigenvalue weighted by Crippen LogP contribution is 2.32. The van der Waals surface area contributed by atoms with E-state index in [4.69, 9.17) is 16.0 Å². The van der Waals surface area contributed by atoms with Crippen LogP contribution >= 0.6 is 11.6 Å². The van der Waals surface area contributed by atoms with Crippen LogP contribution < -0.4 is 4.72 Å². The standard InChI is InChI=1S/C31H24ClNO4S/c1-21-27(18-25-13-12-24(20-29(25)32)23-10-6-3-7-11-23)28-19-26(14-15-30(28)37-21)31(34)33-38(35,36)17-16-22-8-4-2-5-9-22/h2-17,19-20H,18H2,1H3,(H,33,34)/b17-16+. The molecule has 0 aliphatic rings. The summed E-state index contributed by atoms with van der Waals surface area (Å²) in [5.74, 6) is -0.0150. The number of hydrogen-bond acceptors (Lipinski definition) is 4. The normalized spacial score (nSPS) is 11.7. The first kappa shape index (κ1) is 25.5. The number of amides is 1. The van der Waals surface area contributed by atoms with Crippen LogP contribution in [0.4, 0.5) is 0 Å². The minimum Gasteiger partial charge on any atom is -0.461 e. The monoisotopic (exact) mass is 541 g/mol. The lowest BCUT2D eigenvalue weighted by Gasteiger charge is -2.08. The highest BCUT2D eigenvalue weighted by molar-refractivity contribution is 7.93. The van der Waals surface area contributed by atoms with Gasteiger partial charge in [0.05, 0.1) is 5.41 Å². The van der Waals surface area contributed by atoms with E-state index in [1.54, 1.807) is 42.5 Å². The molecule has 7 heteroatoms. The fourth-order valence-corrected chi connectivity index (χ4v) is 5.31. The molecule has 0 aliphatic carbocycles. The molecule has 1 amide bonds. The molecule has 0 saturated carbocycles. The Balaban J connectivity index is 1.39. The van der Waals surface area contributed by atoms with Gasteiger partial charge in [-0.2, -0.15) is 0 Å². The Kier molecular flexibility index (Phi) is 7.18. The molecular formula is C31H24ClNO4S. The number of nitrogens with one attached hydrogen (secondary N) is 1. The first-order valence-electron chi connectivity index (χ1n) is 12.0. The average Bonchev–Trinajstić information content (AvgIpc) is 3.23. The molecule has 0 fully saturated rings. The average molecular weight is 542 g/mol. The molecule has 38 heavy (non-hydrogen) atoms. The molecule has 0 saturated heterocycles. The van der Waals surface area contributed by atoms with Crippen molar-refractivity contribution in [2.75, 3.05) is 0 Å². The third-order valence-electron chi connectivity index (χ3n) is 6.26. The predicted octanol–water partition coefficient (Wildman–Crippen LogP) is 7.38. The predicted molar refractivity (Wildman–Crippen MR) is 153 cm³/mol. The van der Waals surface area contributed by atoms with Gasteiger partial charge in [-0.25, -0.2) is 13.1 Å². The molecule has 5 nitrogen and oxygen atoms in total. The molecule has 0 spiro atoms. The number of sulfonamides is 1. The number of halogens is 1. The van der Waals surface area contributed by atoms with Crippen molar-refractivity contribution in [2.45, 2.75) is 13.3 Å². The molecule has 1 N–H and O–H groups in total. The minimum absolute atomic E-state index is 0.210. The lowest BCUT2D eigenvalue weighted by atomic mass is 9.98. The van der Waals surface area contributed by atoms with E-state index in [1.165, 1.54) is 6.08 Å². The van der Waals surface area contributed by atoms with Crippen LogP contribution in [0.1, 0.15) is 32.8 Å². The Morgan fingerprint density at radius 2 is 1.61 bits per heavy atom. The zero-order valence-corrected chi connectivity index (χ0v) is 22.1. The first-order valence-corrected chi connectivity index (χ1v) is 13.9. The highest BCUT2D eigenvalue weighted by atomic mass is 35.5. The van der Waals surface area contributed by atoms with Gasteiger partial charge in [-0.3, -0.25) is 4.79 Å². The summed E-state index contributed by atoms with van der Waals surface area (Å²) in [7, 11) is -3.99. The Hall–Kier alpha value is -4.13. The van der Waals surface area contributed by atoms with Gasteiger partial charge in [0.2, 0.25) is 0 Å². The SMILES string of the molecule is Cc1oc2ccc(C(=O)NS(=O)(=O)/C=C/c3ccccc3)cc2c1Cc1ccc(-c2ccccc2)cc1Cl. The fraction of sp³-hybridized carbons (Fsp3) is 0.0645. The Bertz CT molecular complexity index is 1760. The zero-order valence-electron chi connectivity index (χ0n) is 20.5. The maximum Gasteiger partial charge on any atom is 0.265 e. The van der Waals surface area contributed by atoms with Gasteiger partial charge in [0.25, 0.3) is 15.9 Å². The van der Waals surface area contributed by atoms with Crippen molar-refractivity contribution in [3.63, 3.8) is 0 Å². The van der Waals surface area contributed by atoms with Gasteiger partial charge in [-0.05, 0) is 59.5 Å². The van der Waals surface area contributed by atoms with Crippen LogP contribution in [0, 0.1) is 6.92 Å². The topological polar surface area (TPSA) is 76.4 Å². The molecule has 0 aliphatic heterocycles. The maximum atomic E-state index is 12.8. The third kappa shape index (κ3) is 5.72. The largest absolute Gasteiger partial charge is 0.461 e. The zero-order chi connectivity index (χ0) is 26.7. The molecule has 0 radical (unpaired) electrons. The summed E-state index contributed by atoms with van der Waals surface area (Å²) in [5.41, 5.74) is 5.43. The molecular weight excluding hydrogens is 518 g/mol. The Labute approximate surface area is 226 Å². The number of aryl methyl sites for hydroxylation is 1. The van der Waals surface area contributed by atoms with Crippen molar-refractivity contribution in [1.82, 2.24) is 4.72 Å². The number of fused-ring (bicyclic) bond motifs is 1. The van der Waals surface area contributed by atoms with Crippen molar-refractivity contribution in [1.29, 1.82) is 0 Å². The van der Waals surface area contributed by atoms with E-state index in [1.807, 2.05) is 61.5 Å². The second-order valence-corrected chi connectivity index (χ2v) is 10.9. The van der Waals surface area contributed by atoms with Gasteiger partial charge in [0.1, 0.15) is 11.3 Å². The van der Waals surface area contributed by atoms with E-state index in [-0.39, 0.29) is 5.56 Å². The Morgan fingerprint density at radius 1 is 0.895 bits per heavy atom. The van der Waals surface area contributed by atoms with Gasteiger partial charge in [0, 0.05) is 28.0 Å². The quantitative estimate of drug-likeness (QED) is 0.233. The van der Waals surface area contributed by atoms with Gasteiger partial charge in [0.15, 0.2) is 0 Å². The molecule has 5 aromatic rings. The van der Waals surface area contributed by atoms with Crippen LogP contribution in [-0.4, -0.2) is 14.3 Å². The molecule has 0 unspecified atom stereocenters. The van der Waals surface area contributed by atoms with Gasteiger partial charge < -0.3 is 4.42 Å². The number of hydrogen-bond donors (Lipinski definition) is 1. The minimum atomic E-state index is -3.99. The van der Waals surface area contributed by atoms with Crippen molar-refractivity contribution >= 4 is 44.6 Å². The maximum absolute atomic E-state index is 12.8. The van der Waals surface area contributed by atoms with Crippen LogP contribution in [0.3, 0.4) is 0 Å². The third-order valence-corrected chi connectivity index (χ3v) is 7.57. The summed E-state index contributed by atoms with van der Waals surface area (Å²) in [4.78, 5) is 12.8. The van der Waals surface area contributed by atoms with E-state index in [2.05, 4.69) is 4.72 Å². The van der Waals surface area contributed by atoms with E-state index in [0.29, 0.717) is 28.4 Å². The van der Waals surface area contributed by atoms with Crippen LogP contribution in [-0.2, 0) is 16.4 Å². The molecule has 5 rings (SSSR count). The summed E-state index contributed by atoms with van der Waals surface area (Å²) in [5, 5.41) is 2.34. The summed E-state index contributed by atoms with van der Waals surface area (Å²) < 4.78 is 33.0. The van der Waals surface area contributed by atoms with Crippen molar-refractivity contribution in [3.05, 3.63) is 136 Å². The molecule has 190 valence electrons. The summed E-state index contributed by atoms with van der Waals surface area (Å²) in [6.07, 6.45) is 1.93. The van der Waals surface area contributed by atoms with Crippen molar-refractivity contribution in [2.24, 2.45) is 0 Å². The number of carbonyl (C=O) groups excluding carboxylic acids is 1. The molecule has 0 bridgehead atoms. The fourth-order valence-electron chi connectivity index (χ4n) is 4.28. The second-order valence-electron chi connectivity index (χ2n) is 8.89. The summed E-state index contributed by atoms with van der Waals surface area (Å²) in [6, 6.07) is 29.8. The highest BCUT2D eigenvalue weighted by Gasteiger charge is 2.18. The number of carbonyl (C=O) groups is 1. The van der Waals surface area contributed by atoms with Crippen molar-refractivity contribution < 1.29 is 17.6 Å². The van der Waals surface area contributed by atoms with Crippen LogP contribution in [0.25, 0.3) is 28.2 Å². The molecule has 1 aromatic heterocycles. The van der Waals surface area contributed by atoms with E-state index in [9.17, 15) is 13.2 Å². The molecule has 4 aromatic carbocycles. The van der Waals surface area contributed by atoms with E-state index in [0.717, 1.165) is 33.0 Å². The van der Waals surface area contributed by atoms with Gasteiger partial charge in [-0.1, -0.05) is 84.4 Å². The molecule has 0 atom stereocenters. The van der Waals surface area contributed by atoms with Crippen LogP contribution in [0.5, 0.6) is 0 Å². The summed E-state index contributed by atoms with van der Waals surface area (Å²) in [6.45, 7) is 1.86. The van der Waals surface area contributed by atoms with E-state index >= 15 is 0 Å². The lowest BCUT2D eigenvalue weighted by molar-refractivity contribution is 0.0982. The molecule has 1 heterocycles. The summed E-state index contributed by atoms with van der Waals surface area (Å²) >= 11 is 6.66. The van der Waals surface area contributed by atoms with Crippen LogP contribution in [0.2, 0.25) is 5.02 Å². The van der Waals surface area contributed by atoms with Crippen LogP contribution in [0.15, 0.2) is 107 Å².